The first kappa shape index (κ1) is 25.5. The van der Waals surface area contributed by atoms with Crippen LogP contribution in [0.25, 0.3) is 10.9 Å². The van der Waals surface area contributed by atoms with E-state index in [9.17, 15) is 4.79 Å². The van der Waals surface area contributed by atoms with Gasteiger partial charge in [-0.3, -0.25) is 4.79 Å². The number of carbonyl (C=O) groups is 1. The van der Waals surface area contributed by atoms with Crippen LogP contribution in [-0.2, 0) is 23.7 Å². The van der Waals surface area contributed by atoms with Crippen molar-refractivity contribution >= 4 is 28.6 Å². The second-order valence-electron chi connectivity index (χ2n) is 8.88. The van der Waals surface area contributed by atoms with Crippen LogP contribution in [0.3, 0.4) is 0 Å². The Labute approximate surface area is 217 Å². The molecule has 1 heterocycles. The highest BCUT2D eigenvalue weighted by Crippen LogP contribution is 2.27. The van der Waals surface area contributed by atoms with E-state index in [1.54, 1.807) is 6.92 Å². The number of aliphatic carboxylic acids is 1. The number of ether oxygens (including phenoxy) is 1. The highest BCUT2D eigenvalue weighted by molar-refractivity contribution is 7.97. The van der Waals surface area contributed by atoms with Crippen LogP contribution in [-0.4, -0.2) is 21.9 Å². The maximum atomic E-state index is 11.2. The van der Waals surface area contributed by atoms with Crippen LogP contribution in [0.15, 0.2) is 72.9 Å². The monoisotopic (exact) mass is 497 g/mol. The molecule has 3 aromatic carbocycles. The van der Waals surface area contributed by atoms with Gasteiger partial charge in [-0.1, -0.05) is 54.5 Å². The van der Waals surface area contributed by atoms with Crippen LogP contribution >= 0.6 is 11.8 Å². The topological polar surface area (TPSA) is 51.5 Å². The molecule has 0 saturated heterocycles. The highest BCUT2D eigenvalue weighted by Gasteiger charge is 2.14. The van der Waals surface area contributed by atoms with Gasteiger partial charge < -0.3 is 14.4 Å². The fraction of sp³-hybridized carbons (Fsp3) is 0.258. The Balaban J connectivity index is 1.48. The number of thioether (sulfide) groups is 1. The van der Waals surface area contributed by atoms with Crippen LogP contribution in [0, 0.1) is 18.8 Å². The predicted octanol–water partition coefficient (Wildman–Crippen LogP) is 7.02. The minimum Gasteiger partial charge on any atom is -0.489 e. The molecule has 5 heteroatoms. The summed E-state index contributed by atoms with van der Waals surface area (Å²) in [6.45, 7) is 5.17. The summed E-state index contributed by atoms with van der Waals surface area (Å²) in [7, 11) is 0. The number of carboxylic acids is 1. The summed E-state index contributed by atoms with van der Waals surface area (Å²) in [6, 6.07) is 22.9. The zero-order valence-electron chi connectivity index (χ0n) is 21.0. The highest BCUT2D eigenvalue weighted by atomic mass is 32.2. The number of aromatic nitrogens is 1. The van der Waals surface area contributed by atoms with Gasteiger partial charge in [0.15, 0.2) is 0 Å². The van der Waals surface area contributed by atoms with Crippen molar-refractivity contribution in [1.29, 1.82) is 0 Å². The lowest BCUT2D eigenvalue weighted by molar-refractivity contribution is -0.137. The number of benzene rings is 3. The van der Waals surface area contributed by atoms with E-state index >= 15 is 0 Å². The van der Waals surface area contributed by atoms with Gasteiger partial charge in [-0.25, -0.2) is 0 Å². The first-order valence-corrected chi connectivity index (χ1v) is 13.4. The van der Waals surface area contributed by atoms with Crippen molar-refractivity contribution in [2.45, 2.75) is 45.1 Å². The molecule has 0 aliphatic rings. The van der Waals surface area contributed by atoms with Crippen molar-refractivity contribution in [3.05, 3.63) is 101 Å². The molecule has 184 valence electrons. The standard InChI is InChI=1S/C31H31NO3S/c1-4-5-27(18-30(33)34)25-12-14-29(15-13-25)35-20-28-11-10-26-16-17-32(31(26)22(28)2)19-23-6-8-24(9-7-23)21-36-3/h6-17,27H,18-21H2,1-3H3,(H,33,34)/t27-/m0/s1. The van der Waals surface area contributed by atoms with E-state index in [2.05, 4.69) is 78.2 Å². The Hall–Kier alpha value is -3.62. The number of nitrogens with zero attached hydrogens (tertiary/aromatic N) is 1. The van der Waals surface area contributed by atoms with Crippen molar-refractivity contribution < 1.29 is 14.6 Å². The van der Waals surface area contributed by atoms with Crippen LogP contribution in [0.1, 0.15) is 47.1 Å². The van der Waals surface area contributed by atoms with E-state index in [4.69, 9.17) is 9.84 Å². The Morgan fingerprint density at radius 3 is 2.42 bits per heavy atom. The summed E-state index contributed by atoms with van der Waals surface area (Å²) >= 11 is 1.84. The van der Waals surface area contributed by atoms with Gasteiger partial charge in [-0.15, -0.1) is 5.92 Å². The van der Waals surface area contributed by atoms with Crippen LogP contribution in [0.5, 0.6) is 5.75 Å². The number of hydrogen-bond acceptors (Lipinski definition) is 3. The van der Waals surface area contributed by atoms with Gasteiger partial charge in [0.1, 0.15) is 12.4 Å². The molecule has 0 saturated carbocycles. The fourth-order valence-corrected chi connectivity index (χ4v) is 5.00. The third-order valence-corrected chi connectivity index (χ3v) is 6.98. The molecule has 1 aromatic heterocycles. The van der Waals surface area contributed by atoms with E-state index in [1.165, 1.54) is 27.6 Å². The number of hydrogen-bond donors (Lipinski definition) is 1. The molecule has 4 aromatic rings. The summed E-state index contributed by atoms with van der Waals surface area (Å²) in [5.41, 5.74) is 7.11. The summed E-state index contributed by atoms with van der Waals surface area (Å²) in [5.74, 6) is 6.43. The summed E-state index contributed by atoms with van der Waals surface area (Å²) in [4.78, 5) is 11.2. The molecule has 0 fully saturated rings. The van der Waals surface area contributed by atoms with E-state index in [0.29, 0.717) is 6.61 Å². The average Bonchev–Trinajstić information content (AvgIpc) is 3.28. The molecule has 0 aliphatic carbocycles. The summed E-state index contributed by atoms with van der Waals surface area (Å²) < 4.78 is 8.41. The van der Waals surface area contributed by atoms with Gasteiger partial charge in [-0.2, -0.15) is 11.8 Å². The van der Waals surface area contributed by atoms with Gasteiger partial charge in [0.05, 0.1) is 17.9 Å². The largest absolute Gasteiger partial charge is 0.489 e. The maximum absolute atomic E-state index is 11.2. The van der Waals surface area contributed by atoms with Crippen LogP contribution < -0.4 is 4.74 Å². The van der Waals surface area contributed by atoms with Gasteiger partial charge in [0.25, 0.3) is 0 Å². The smallest absolute Gasteiger partial charge is 0.304 e. The van der Waals surface area contributed by atoms with Gasteiger partial charge in [0.2, 0.25) is 0 Å². The number of fused-ring (bicyclic) bond motifs is 1. The minimum atomic E-state index is -0.855. The molecule has 36 heavy (non-hydrogen) atoms. The zero-order chi connectivity index (χ0) is 25.5. The second-order valence-corrected chi connectivity index (χ2v) is 9.75. The van der Waals surface area contributed by atoms with Crippen LogP contribution in [0.2, 0.25) is 0 Å². The Bertz CT molecular complexity index is 1390. The summed E-state index contributed by atoms with van der Waals surface area (Å²) in [6.07, 6.45) is 4.27. The quantitative estimate of drug-likeness (QED) is 0.239. The number of rotatable bonds is 10. The number of aryl methyl sites for hydroxylation is 1. The predicted molar refractivity (Wildman–Crippen MR) is 149 cm³/mol. The van der Waals surface area contributed by atoms with E-state index < -0.39 is 5.97 Å². The molecule has 1 atom stereocenters. The molecule has 1 N–H and O–H groups in total. The van der Waals surface area contributed by atoms with Crippen molar-refractivity contribution in [3.63, 3.8) is 0 Å². The van der Waals surface area contributed by atoms with Crippen molar-refractivity contribution in [1.82, 2.24) is 4.57 Å². The third kappa shape index (κ3) is 6.13. The molecule has 0 unspecified atom stereocenters. The SMILES string of the molecule is CC#C[C@@H](CC(=O)O)c1ccc(OCc2ccc3ccn(Cc4ccc(CSC)cc4)c3c2C)cc1. The van der Waals surface area contributed by atoms with Gasteiger partial charge >= 0.3 is 5.97 Å². The minimum absolute atomic E-state index is 0.0121. The summed E-state index contributed by atoms with van der Waals surface area (Å²) in [5, 5.41) is 10.4. The molecule has 0 bridgehead atoms. The molecule has 4 nitrogen and oxygen atoms in total. The average molecular weight is 498 g/mol. The van der Waals surface area contributed by atoms with Crippen molar-refractivity contribution in [2.75, 3.05) is 6.26 Å². The second kappa shape index (κ2) is 11.9. The fourth-order valence-electron chi connectivity index (χ4n) is 4.47. The number of carboxylic acid groups (broad SMARTS) is 1. The molecule has 0 radical (unpaired) electrons. The Morgan fingerprint density at radius 1 is 1.03 bits per heavy atom. The first-order valence-electron chi connectivity index (χ1n) is 12.0. The molecular formula is C31H31NO3S. The van der Waals surface area contributed by atoms with Gasteiger partial charge in [0, 0.05) is 18.5 Å². The lowest BCUT2D eigenvalue weighted by Crippen LogP contribution is -2.05. The van der Waals surface area contributed by atoms with Crippen molar-refractivity contribution in [3.8, 4) is 17.6 Å². The van der Waals surface area contributed by atoms with Gasteiger partial charge in [-0.05, 0) is 71.5 Å². The lowest BCUT2D eigenvalue weighted by atomic mass is 9.96. The Kier molecular flexibility index (Phi) is 8.40. The molecule has 4 rings (SSSR count). The van der Waals surface area contributed by atoms with E-state index in [0.717, 1.165) is 29.2 Å². The zero-order valence-corrected chi connectivity index (χ0v) is 21.8. The van der Waals surface area contributed by atoms with Crippen LogP contribution in [0.4, 0.5) is 0 Å². The molecular weight excluding hydrogens is 466 g/mol. The van der Waals surface area contributed by atoms with Crippen molar-refractivity contribution in [2.24, 2.45) is 0 Å². The third-order valence-electron chi connectivity index (χ3n) is 6.36. The molecule has 0 amide bonds. The Morgan fingerprint density at radius 2 is 1.75 bits per heavy atom. The first-order chi connectivity index (χ1) is 17.5. The van der Waals surface area contributed by atoms with E-state index in [1.807, 2.05) is 36.0 Å². The normalized spacial score (nSPS) is 11.6. The lowest BCUT2D eigenvalue weighted by Gasteiger charge is -2.14. The van der Waals surface area contributed by atoms with E-state index in [-0.39, 0.29) is 12.3 Å². The molecule has 0 aliphatic heterocycles. The molecule has 0 spiro atoms. The maximum Gasteiger partial charge on any atom is 0.304 e.